The number of nitrogens with zero attached hydrogens (tertiary/aromatic N) is 1. The van der Waals surface area contributed by atoms with Crippen LogP contribution < -0.4 is 10.1 Å². The number of hydrogen-bond acceptors (Lipinski definition) is 4. The number of hydrogen-bond donors (Lipinski definition) is 1. The first-order chi connectivity index (χ1) is 13.5. The van der Waals surface area contributed by atoms with E-state index < -0.39 is 10.0 Å². The molecule has 1 aliphatic heterocycles. The summed E-state index contributed by atoms with van der Waals surface area (Å²) in [6.45, 7) is 1.76. The molecule has 1 saturated heterocycles. The fourth-order valence-electron chi connectivity index (χ4n) is 3.00. The summed E-state index contributed by atoms with van der Waals surface area (Å²) in [5, 5.41) is 3.33. The minimum atomic E-state index is -3.44. The standard InChI is InChI=1S/C20H23ClN2O4S/c21-17-6-4-16(5-7-17)20(24)22-12-15-27-18-8-10-19(11-9-18)28(25,26)23-13-2-1-3-14-23/h4-11H,1-3,12-15H2,(H,22,24). The molecule has 2 aromatic carbocycles. The van der Waals surface area contributed by atoms with Crippen molar-refractivity contribution in [3.8, 4) is 5.75 Å². The number of nitrogens with one attached hydrogen (secondary N) is 1. The van der Waals surface area contributed by atoms with Crippen LogP contribution in [0.2, 0.25) is 5.02 Å². The number of benzene rings is 2. The number of carbonyl (C=O) groups excluding carboxylic acids is 1. The first-order valence-electron chi connectivity index (χ1n) is 9.23. The number of ether oxygens (including phenoxy) is 1. The second-order valence-corrected chi connectivity index (χ2v) is 8.92. The molecule has 1 amide bonds. The lowest BCUT2D eigenvalue weighted by Gasteiger charge is -2.25. The van der Waals surface area contributed by atoms with Gasteiger partial charge in [0.2, 0.25) is 10.0 Å². The number of sulfonamides is 1. The molecule has 0 aliphatic carbocycles. The predicted octanol–water partition coefficient (Wildman–Crippen LogP) is 3.32. The van der Waals surface area contributed by atoms with Gasteiger partial charge in [-0.15, -0.1) is 0 Å². The third-order valence-corrected chi connectivity index (χ3v) is 6.70. The van der Waals surface area contributed by atoms with Crippen LogP contribution >= 0.6 is 11.6 Å². The van der Waals surface area contributed by atoms with E-state index in [0.29, 0.717) is 36.0 Å². The maximum absolute atomic E-state index is 12.6. The Labute approximate surface area is 170 Å². The van der Waals surface area contributed by atoms with Crippen molar-refractivity contribution in [1.82, 2.24) is 9.62 Å². The van der Waals surface area contributed by atoms with Crippen LogP contribution in [0.15, 0.2) is 53.4 Å². The van der Waals surface area contributed by atoms with Crippen molar-refractivity contribution in [2.75, 3.05) is 26.2 Å². The van der Waals surface area contributed by atoms with E-state index in [1.807, 2.05) is 0 Å². The molecule has 0 bridgehead atoms. The Morgan fingerprint density at radius 2 is 1.64 bits per heavy atom. The van der Waals surface area contributed by atoms with E-state index in [1.165, 1.54) is 0 Å². The monoisotopic (exact) mass is 422 g/mol. The molecule has 0 radical (unpaired) electrons. The highest BCUT2D eigenvalue weighted by atomic mass is 35.5. The van der Waals surface area contributed by atoms with Crippen molar-refractivity contribution in [3.05, 3.63) is 59.1 Å². The fraction of sp³-hybridized carbons (Fsp3) is 0.350. The zero-order valence-corrected chi connectivity index (χ0v) is 17.0. The van der Waals surface area contributed by atoms with E-state index in [9.17, 15) is 13.2 Å². The van der Waals surface area contributed by atoms with E-state index >= 15 is 0 Å². The molecule has 6 nitrogen and oxygen atoms in total. The average molecular weight is 423 g/mol. The summed E-state index contributed by atoms with van der Waals surface area (Å²) in [5.41, 5.74) is 0.525. The van der Waals surface area contributed by atoms with Crippen molar-refractivity contribution >= 4 is 27.5 Å². The van der Waals surface area contributed by atoms with Gasteiger partial charge in [-0.3, -0.25) is 4.79 Å². The summed E-state index contributed by atoms with van der Waals surface area (Å²) in [6, 6.07) is 13.0. The summed E-state index contributed by atoms with van der Waals surface area (Å²) >= 11 is 5.80. The highest BCUT2D eigenvalue weighted by Crippen LogP contribution is 2.22. The maximum Gasteiger partial charge on any atom is 0.251 e. The molecule has 0 unspecified atom stereocenters. The lowest BCUT2D eigenvalue weighted by Crippen LogP contribution is -2.35. The largest absolute Gasteiger partial charge is 0.492 e. The first-order valence-corrected chi connectivity index (χ1v) is 11.1. The molecule has 0 spiro atoms. The molecule has 1 heterocycles. The number of carbonyl (C=O) groups is 1. The molecule has 8 heteroatoms. The molecule has 2 aromatic rings. The summed E-state index contributed by atoms with van der Waals surface area (Å²) in [6.07, 6.45) is 2.89. The molecule has 1 fully saturated rings. The van der Waals surface area contributed by atoms with Gasteiger partial charge in [0, 0.05) is 23.7 Å². The van der Waals surface area contributed by atoms with E-state index in [-0.39, 0.29) is 17.4 Å². The fourth-order valence-corrected chi connectivity index (χ4v) is 4.64. The zero-order valence-electron chi connectivity index (χ0n) is 15.4. The molecule has 150 valence electrons. The van der Waals surface area contributed by atoms with Crippen LogP contribution in [0.25, 0.3) is 0 Å². The van der Waals surface area contributed by atoms with Crippen LogP contribution in [0.5, 0.6) is 5.75 Å². The molecule has 0 aromatic heterocycles. The summed E-state index contributed by atoms with van der Waals surface area (Å²) in [5.74, 6) is 0.349. The number of amides is 1. The van der Waals surface area contributed by atoms with E-state index in [4.69, 9.17) is 16.3 Å². The number of rotatable bonds is 7. The van der Waals surface area contributed by atoms with Crippen molar-refractivity contribution in [1.29, 1.82) is 0 Å². The third-order valence-electron chi connectivity index (χ3n) is 4.54. The summed E-state index contributed by atoms with van der Waals surface area (Å²) in [7, 11) is -3.44. The molecular weight excluding hydrogens is 400 g/mol. The quantitative estimate of drug-likeness (QED) is 0.694. The summed E-state index contributed by atoms with van der Waals surface area (Å²) < 4.78 is 32.4. The highest BCUT2D eigenvalue weighted by Gasteiger charge is 2.25. The second kappa shape index (κ2) is 9.41. The Kier molecular flexibility index (Phi) is 6.93. The van der Waals surface area contributed by atoms with Crippen LogP contribution in [-0.2, 0) is 10.0 Å². The van der Waals surface area contributed by atoms with E-state index in [2.05, 4.69) is 5.32 Å². The second-order valence-electron chi connectivity index (χ2n) is 6.55. The molecule has 0 saturated carbocycles. The van der Waals surface area contributed by atoms with Gasteiger partial charge in [0.1, 0.15) is 12.4 Å². The van der Waals surface area contributed by atoms with Crippen LogP contribution in [0.3, 0.4) is 0 Å². The van der Waals surface area contributed by atoms with Crippen molar-refractivity contribution in [2.24, 2.45) is 0 Å². The molecule has 1 aliphatic rings. The van der Waals surface area contributed by atoms with Gasteiger partial charge in [-0.1, -0.05) is 18.0 Å². The van der Waals surface area contributed by atoms with Crippen molar-refractivity contribution in [3.63, 3.8) is 0 Å². The van der Waals surface area contributed by atoms with E-state index in [0.717, 1.165) is 19.3 Å². The average Bonchev–Trinajstić information content (AvgIpc) is 2.72. The maximum atomic E-state index is 12.6. The van der Waals surface area contributed by atoms with E-state index in [1.54, 1.807) is 52.8 Å². The Bertz CT molecular complexity index is 893. The summed E-state index contributed by atoms with van der Waals surface area (Å²) in [4.78, 5) is 12.3. The van der Waals surface area contributed by atoms with Gasteiger partial charge in [-0.05, 0) is 61.4 Å². The Morgan fingerprint density at radius 3 is 2.29 bits per heavy atom. The SMILES string of the molecule is O=C(NCCOc1ccc(S(=O)(=O)N2CCCCC2)cc1)c1ccc(Cl)cc1. The van der Waals surface area contributed by atoms with Crippen LogP contribution in [0.1, 0.15) is 29.6 Å². The topological polar surface area (TPSA) is 75.7 Å². The van der Waals surface area contributed by atoms with Crippen LogP contribution in [0, 0.1) is 0 Å². The Balaban J connectivity index is 1.48. The van der Waals surface area contributed by atoms with Crippen LogP contribution in [0.4, 0.5) is 0 Å². The molecule has 1 N–H and O–H groups in total. The minimum Gasteiger partial charge on any atom is -0.492 e. The van der Waals surface area contributed by atoms with Gasteiger partial charge in [0.05, 0.1) is 11.4 Å². The lowest BCUT2D eigenvalue weighted by atomic mass is 10.2. The molecule has 0 atom stereocenters. The van der Waals surface area contributed by atoms with Crippen molar-refractivity contribution < 1.29 is 17.9 Å². The van der Waals surface area contributed by atoms with Gasteiger partial charge in [0.25, 0.3) is 5.91 Å². The van der Waals surface area contributed by atoms with Gasteiger partial charge < -0.3 is 10.1 Å². The van der Waals surface area contributed by atoms with Gasteiger partial charge in [-0.25, -0.2) is 8.42 Å². The van der Waals surface area contributed by atoms with Gasteiger partial charge in [-0.2, -0.15) is 4.31 Å². The Hall–Kier alpha value is -2.09. The Morgan fingerprint density at radius 1 is 1.00 bits per heavy atom. The zero-order chi connectivity index (χ0) is 20.0. The highest BCUT2D eigenvalue weighted by molar-refractivity contribution is 7.89. The van der Waals surface area contributed by atoms with Gasteiger partial charge in [0.15, 0.2) is 0 Å². The number of halogens is 1. The minimum absolute atomic E-state index is 0.205. The molecule has 3 rings (SSSR count). The molecule has 28 heavy (non-hydrogen) atoms. The molecular formula is C20H23ClN2O4S. The normalized spacial score (nSPS) is 15.2. The predicted molar refractivity (Wildman–Crippen MR) is 108 cm³/mol. The van der Waals surface area contributed by atoms with Crippen molar-refractivity contribution in [2.45, 2.75) is 24.2 Å². The van der Waals surface area contributed by atoms with Crippen LogP contribution in [-0.4, -0.2) is 44.9 Å². The number of piperidine rings is 1. The third kappa shape index (κ3) is 5.25. The van der Waals surface area contributed by atoms with Gasteiger partial charge >= 0.3 is 0 Å². The first kappa shape index (κ1) is 20.6. The smallest absolute Gasteiger partial charge is 0.251 e. The lowest BCUT2D eigenvalue weighted by molar-refractivity contribution is 0.0947.